The summed E-state index contributed by atoms with van der Waals surface area (Å²) in [6.07, 6.45) is 6.83. The number of hydrogen-bond donors (Lipinski definition) is 1. The van der Waals surface area contributed by atoms with Crippen LogP contribution in [0.2, 0.25) is 0 Å². The lowest BCUT2D eigenvalue weighted by Crippen LogP contribution is -2.23. The van der Waals surface area contributed by atoms with E-state index in [4.69, 9.17) is 0 Å². The molecular formula is C11H10FN3O. The highest BCUT2D eigenvalue weighted by Crippen LogP contribution is 2.27. The fraction of sp³-hybridized carbons (Fsp3) is 0.182. The summed E-state index contributed by atoms with van der Waals surface area (Å²) in [5.41, 5.74) is -0.499. The third kappa shape index (κ3) is 1.90. The van der Waals surface area contributed by atoms with E-state index < -0.39 is 11.4 Å². The molecule has 0 aliphatic heterocycles. The molecule has 0 aliphatic carbocycles. The van der Waals surface area contributed by atoms with Crippen molar-refractivity contribution < 1.29 is 9.50 Å². The van der Waals surface area contributed by atoms with Crippen molar-refractivity contribution in [2.75, 3.05) is 0 Å². The van der Waals surface area contributed by atoms with Crippen molar-refractivity contribution in [1.82, 2.24) is 15.0 Å². The predicted molar refractivity (Wildman–Crippen MR) is 54.9 cm³/mol. The van der Waals surface area contributed by atoms with Gasteiger partial charge in [-0.1, -0.05) is 0 Å². The maximum absolute atomic E-state index is 13.0. The Morgan fingerprint density at radius 3 is 2.31 bits per heavy atom. The van der Waals surface area contributed by atoms with Crippen LogP contribution in [0.1, 0.15) is 18.1 Å². The van der Waals surface area contributed by atoms with Gasteiger partial charge in [0.2, 0.25) is 0 Å². The van der Waals surface area contributed by atoms with E-state index in [-0.39, 0.29) is 0 Å². The second-order valence-corrected chi connectivity index (χ2v) is 3.59. The summed E-state index contributed by atoms with van der Waals surface area (Å²) in [6.45, 7) is 1.54. The molecule has 4 nitrogen and oxygen atoms in total. The van der Waals surface area contributed by atoms with Gasteiger partial charge in [-0.15, -0.1) is 0 Å². The minimum Gasteiger partial charge on any atom is -0.381 e. The number of aliphatic hydroxyl groups is 1. The molecule has 2 heterocycles. The molecular weight excluding hydrogens is 209 g/mol. The summed E-state index contributed by atoms with van der Waals surface area (Å²) in [6, 6.07) is 1.24. The Bertz CT molecular complexity index is 488. The molecule has 0 saturated heterocycles. The SMILES string of the molecule is CC(O)(c1cncnc1)c1cncc(F)c1. The van der Waals surface area contributed by atoms with Crippen LogP contribution in [0, 0.1) is 5.82 Å². The van der Waals surface area contributed by atoms with Gasteiger partial charge in [0.25, 0.3) is 0 Å². The van der Waals surface area contributed by atoms with Gasteiger partial charge in [0.1, 0.15) is 17.7 Å². The number of aromatic nitrogens is 3. The van der Waals surface area contributed by atoms with Crippen LogP contribution in [0.25, 0.3) is 0 Å². The second-order valence-electron chi connectivity index (χ2n) is 3.59. The monoisotopic (exact) mass is 219 g/mol. The number of nitrogens with zero attached hydrogens (tertiary/aromatic N) is 3. The van der Waals surface area contributed by atoms with E-state index in [1.54, 1.807) is 6.92 Å². The Labute approximate surface area is 91.8 Å². The van der Waals surface area contributed by atoms with Crippen molar-refractivity contribution >= 4 is 0 Å². The summed E-state index contributed by atoms with van der Waals surface area (Å²) in [5.74, 6) is -0.491. The average molecular weight is 219 g/mol. The Balaban J connectivity index is 2.47. The van der Waals surface area contributed by atoms with Crippen LogP contribution in [-0.4, -0.2) is 20.1 Å². The van der Waals surface area contributed by atoms with E-state index in [2.05, 4.69) is 15.0 Å². The molecule has 1 N–H and O–H groups in total. The van der Waals surface area contributed by atoms with Gasteiger partial charge in [0.15, 0.2) is 0 Å². The Hall–Kier alpha value is -1.88. The molecule has 2 aromatic heterocycles. The van der Waals surface area contributed by atoms with Gasteiger partial charge >= 0.3 is 0 Å². The molecule has 0 aromatic carbocycles. The van der Waals surface area contributed by atoms with Crippen molar-refractivity contribution in [1.29, 1.82) is 0 Å². The summed E-state index contributed by atoms with van der Waals surface area (Å²) in [5, 5.41) is 10.3. The summed E-state index contributed by atoms with van der Waals surface area (Å²) in [4.78, 5) is 11.3. The molecule has 0 amide bonds. The highest BCUT2D eigenvalue weighted by Gasteiger charge is 2.26. The van der Waals surface area contributed by atoms with Gasteiger partial charge in [0.05, 0.1) is 6.20 Å². The van der Waals surface area contributed by atoms with Crippen molar-refractivity contribution in [2.45, 2.75) is 12.5 Å². The van der Waals surface area contributed by atoms with Gasteiger partial charge in [-0.25, -0.2) is 14.4 Å². The van der Waals surface area contributed by atoms with Gasteiger partial charge in [-0.05, 0) is 13.0 Å². The third-order valence-electron chi connectivity index (χ3n) is 2.39. The average Bonchev–Trinajstić information content (AvgIpc) is 2.30. The molecule has 5 heteroatoms. The van der Waals surface area contributed by atoms with E-state index in [0.717, 1.165) is 6.20 Å². The van der Waals surface area contributed by atoms with Crippen molar-refractivity contribution in [3.63, 3.8) is 0 Å². The zero-order chi connectivity index (χ0) is 11.6. The largest absolute Gasteiger partial charge is 0.381 e. The number of halogens is 1. The van der Waals surface area contributed by atoms with Gasteiger partial charge in [-0.2, -0.15) is 0 Å². The van der Waals surface area contributed by atoms with Gasteiger partial charge < -0.3 is 5.11 Å². The maximum atomic E-state index is 13.0. The fourth-order valence-electron chi connectivity index (χ4n) is 1.40. The highest BCUT2D eigenvalue weighted by molar-refractivity contribution is 5.30. The van der Waals surface area contributed by atoms with Crippen molar-refractivity contribution in [2.24, 2.45) is 0 Å². The number of pyridine rings is 1. The van der Waals surface area contributed by atoms with Crippen LogP contribution in [0.5, 0.6) is 0 Å². The Morgan fingerprint density at radius 1 is 1.06 bits per heavy atom. The fourth-order valence-corrected chi connectivity index (χ4v) is 1.40. The van der Waals surface area contributed by atoms with E-state index in [9.17, 15) is 9.50 Å². The van der Waals surface area contributed by atoms with Gasteiger partial charge in [0, 0.05) is 29.7 Å². The van der Waals surface area contributed by atoms with Crippen LogP contribution in [0.4, 0.5) is 4.39 Å². The zero-order valence-corrected chi connectivity index (χ0v) is 8.63. The number of rotatable bonds is 2. The topological polar surface area (TPSA) is 58.9 Å². The Morgan fingerprint density at radius 2 is 1.69 bits per heavy atom. The first-order chi connectivity index (χ1) is 7.60. The summed E-state index contributed by atoms with van der Waals surface area (Å²) < 4.78 is 13.0. The van der Waals surface area contributed by atoms with Crippen LogP contribution >= 0.6 is 0 Å². The summed E-state index contributed by atoms with van der Waals surface area (Å²) >= 11 is 0. The lowest BCUT2D eigenvalue weighted by molar-refractivity contribution is 0.101. The molecule has 0 saturated carbocycles. The molecule has 16 heavy (non-hydrogen) atoms. The standard InChI is InChI=1S/C11H10FN3O/c1-11(16,9-4-14-7-15-5-9)8-2-10(12)6-13-3-8/h2-7,16H,1H3. The van der Waals surface area contributed by atoms with Crippen LogP contribution < -0.4 is 0 Å². The molecule has 2 rings (SSSR count). The van der Waals surface area contributed by atoms with Crippen LogP contribution in [0.3, 0.4) is 0 Å². The normalized spacial score (nSPS) is 14.4. The molecule has 0 fully saturated rings. The third-order valence-corrected chi connectivity index (χ3v) is 2.39. The van der Waals surface area contributed by atoms with Crippen LogP contribution in [0.15, 0.2) is 37.2 Å². The number of hydrogen-bond acceptors (Lipinski definition) is 4. The van der Waals surface area contributed by atoms with Crippen molar-refractivity contribution in [3.05, 3.63) is 54.1 Å². The van der Waals surface area contributed by atoms with E-state index >= 15 is 0 Å². The first kappa shape index (κ1) is 10.6. The smallest absolute Gasteiger partial charge is 0.141 e. The molecule has 0 spiro atoms. The molecule has 82 valence electrons. The minimum absolute atomic E-state index is 0.363. The lowest BCUT2D eigenvalue weighted by Gasteiger charge is -2.22. The second kappa shape index (κ2) is 3.94. The van der Waals surface area contributed by atoms with Gasteiger partial charge in [-0.3, -0.25) is 4.98 Å². The first-order valence-electron chi connectivity index (χ1n) is 4.69. The molecule has 0 bridgehead atoms. The Kier molecular flexibility index (Phi) is 2.62. The minimum atomic E-state index is -1.35. The van der Waals surface area contributed by atoms with Crippen molar-refractivity contribution in [3.8, 4) is 0 Å². The quantitative estimate of drug-likeness (QED) is 0.826. The molecule has 0 radical (unpaired) electrons. The first-order valence-corrected chi connectivity index (χ1v) is 4.69. The molecule has 1 unspecified atom stereocenters. The van der Waals surface area contributed by atoms with E-state index in [0.29, 0.717) is 11.1 Å². The zero-order valence-electron chi connectivity index (χ0n) is 8.63. The maximum Gasteiger partial charge on any atom is 0.141 e. The van der Waals surface area contributed by atoms with E-state index in [1.807, 2.05) is 0 Å². The molecule has 0 aliphatic rings. The summed E-state index contributed by atoms with van der Waals surface area (Å²) in [7, 11) is 0. The molecule has 1 atom stereocenters. The molecule has 2 aromatic rings. The predicted octanol–water partition coefficient (Wildman–Crippen LogP) is 1.27. The van der Waals surface area contributed by atoms with E-state index in [1.165, 1.54) is 31.0 Å². The van der Waals surface area contributed by atoms with Crippen LogP contribution in [-0.2, 0) is 5.60 Å². The lowest BCUT2D eigenvalue weighted by atomic mass is 9.91. The highest BCUT2D eigenvalue weighted by atomic mass is 19.1.